The lowest BCUT2D eigenvalue weighted by Gasteiger charge is -2.10. The molecule has 0 bridgehead atoms. The van der Waals surface area contributed by atoms with E-state index in [1.165, 1.54) is 18.2 Å². The first-order chi connectivity index (χ1) is 12.0. The number of guanidine groups is 1. The first-order valence-electron chi connectivity index (χ1n) is 7.26. The molecule has 1 amide bonds. The van der Waals surface area contributed by atoms with Gasteiger partial charge in [-0.05, 0) is 12.1 Å². The van der Waals surface area contributed by atoms with E-state index in [9.17, 15) is 14.9 Å². The molecule has 0 atom stereocenters. The van der Waals surface area contributed by atoms with Crippen molar-refractivity contribution in [2.75, 3.05) is 0 Å². The Bertz CT molecular complexity index is 1000. The molecule has 8 heteroatoms. The molecule has 25 heavy (non-hydrogen) atoms. The highest BCUT2D eigenvalue weighted by molar-refractivity contribution is 6.14. The maximum atomic E-state index is 12.4. The number of aromatic nitrogens is 1. The van der Waals surface area contributed by atoms with E-state index in [-0.39, 0.29) is 16.6 Å². The van der Waals surface area contributed by atoms with Gasteiger partial charge in [0.05, 0.1) is 27.1 Å². The van der Waals surface area contributed by atoms with Crippen LogP contribution in [0, 0.1) is 15.5 Å². The molecular weight excluding hydrogens is 322 g/mol. The highest BCUT2D eigenvalue weighted by atomic mass is 16.6. The SMILES string of the molecule is N=C(N)NC(=O)c1cc(-c2ccccc2)nc2cccc([N+](=O)[O-])c12. The van der Waals surface area contributed by atoms with E-state index in [0.29, 0.717) is 11.2 Å². The first-order valence-corrected chi connectivity index (χ1v) is 7.26. The van der Waals surface area contributed by atoms with Crippen LogP contribution in [-0.4, -0.2) is 21.8 Å². The number of amides is 1. The van der Waals surface area contributed by atoms with Gasteiger partial charge in [-0.2, -0.15) is 0 Å². The van der Waals surface area contributed by atoms with Crippen LogP contribution in [0.3, 0.4) is 0 Å². The zero-order valence-corrected chi connectivity index (χ0v) is 12.9. The van der Waals surface area contributed by atoms with Crippen molar-refractivity contribution < 1.29 is 9.72 Å². The van der Waals surface area contributed by atoms with Crippen molar-refractivity contribution in [3.63, 3.8) is 0 Å². The fourth-order valence-corrected chi connectivity index (χ4v) is 2.55. The van der Waals surface area contributed by atoms with E-state index in [4.69, 9.17) is 11.1 Å². The van der Waals surface area contributed by atoms with Crippen LogP contribution in [0.4, 0.5) is 5.69 Å². The minimum atomic E-state index is -0.702. The molecule has 0 aliphatic rings. The molecule has 3 aromatic rings. The molecule has 0 radical (unpaired) electrons. The van der Waals surface area contributed by atoms with Gasteiger partial charge in [0.15, 0.2) is 5.96 Å². The highest BCUT2D eigenvalue weighted by Crippen LogP contribution is 2.31. The predicted molar refractivity (Wildman–Crippen MR) is 93.2 cm³/mol. The average molecular weight is 335 g/mol. The van der Waals surface area contributed by atoms with Gasteiger partial charge in [0.2, 0.25) is 0 Å². The predicted octanol–water partition coefficient (Wildman–Crippen LogP) is 2.43. The lowest BCUT2D eigenvalue weighted by molar-refractivity contribution is -0.383. The number of hydrogen-bond acceptors (Lipinski definition) is 5. The molecule has 8 nitrogen and oxygen atoms in total. The van der Waals surface area contributed by atoms with Crippen LogP contribution in [0.1, 0.15) is 10.4 Å². The lowest BCUT2D eigenvalue weighted by atomic mass is 10.0. The van der Waals surface area contributed by atoms with Crippen molar-refractivity contribution in [2.24, 2.45) is 5.73 Å². The number of fused-ring (bicyclic) bond motifs is 1. The normalized spacial score (nSPS) is 10.4. The number of benzene rings is 2. The Morgan fingerprint density at radius 3 is 2.52 bits per heavy atom. The van der Waals surface area contributed by atoms with Crippen LogP contribution in [-0.2, 0) is 0 Å². The largest absolute Gasteiger partial charge is 0.370 e. The zero-order chi connectivity index (χ0) is 18.0. The smallest absolute Gasteiger partial charge is 0.279 e. The van der Waals surface area contributed by atoms with Gasteiger partial charge in [-0.25, -0.2) is 4.98 Å². The Morgan fingerprint density at radius 1 is 1.16 bits per heavy atom. The zero-order valence-electron chi connectivity index (χ0n) is 12.9. The number of nitrogens with zero attached hydrogens (tertiary/aromatic N) is 2. The quantitative estimate of drug-likeness (QED) is 0.292. The number of rotatable bonds is 3. The van der Waals surface area contributed by atoms with E-state index < -0.39 is 16.8 Å². The van der Waals surface area contributed by atoms with E-state index in [0.717, 1.165) is 5.56 Å². The fourth-order valence-electron chi connectivity index (χ4n) is 2.55. The summed E-state index contributed by atoms with van der Waals surface area (Å²) in [6.45, 7) is 0. The summed E-state index contributed by atoms with van der Waals surface area (Å²) >= 11 is 0. The Kier molecular flexibility index (Phi) is 4.09. The van der Waals surface area contributed by atoms with Crippen molar-refractivity contribution in [3.05, 3.63) is 70.3 Å². The summed E-state index contributed by atoms with van der Waals surface area (Å²) in [5, 5.41) is 20.9. The van der Waals surface area contributed by atoms with Crippen molar-refractivity contribution >= 4 is 28.5 Å². The number of pyridine rings is 1. The average Bonchev–Trinajstić information content (AvgIpc) is 2.60. The molecule has 2 aromatic carbocycles. The molecule has 1 heterocycles. The number of nitro groups is 1. The second kappa shape index (κ2) is 6.36. The van der Waals surface area contributed by atoms with Gasteiger partial charge < -0.3 is 5.73 Å². The number of nitro benzene ring substituents is 1. The third-order valence-electron chi connectivity index (χ3n) is 3.57. The number of nitrogens with two attached hydrogens (primary N) is 1. The van der Waals surface area contributed by atoms with E-state index in [1.54, 1.807) is 6.07 Å². The van der Waals surface area contributed by atoms with Gasteiger partial charge in [-0.15, -0.1) is 0 Å². The molecule has 0 saturated carbocycles. The molecule has 1 aromatic heterocycles. The minimum Gasteiger partial charge on any atom is -0.370 e. The van der Waals surface area contributed by atoms with Gasteiger partial charge in [0, 0.05) is 11.6 Å². The number of carbonyl (C=O) groups is 1. The molecule has 3 rings (SSSR count). The molecule has 0 aliphatic heterocycles. The molecular formula is C17H13N5O3. The summed E-state index contributed by atoms with van der Waals surface area (Å²) in [5.74, 6) is -1.25. The standard InChI is InChI=1S/C17H13N5O3/c18-17(19)21-16(23)11-9-13(10-5-2-1-3-6-10)20-12-7-4-8-14(15(11)12)22(24)25/h1-9H,(H4,18,19,21,23). The van der Waals surface area contributed by atoms with Crippen LogP contribution in [0.15, 0.2) is 54.6 Å². The van der Waals surface area contributed by atoms with Crippen molar-refractivity contribution in [1.82, 2.24) is 10.3 Å². The van der Waals surface area contributed by atoms with E-state index >= 15 is 0 Å². The molecule has 0 saturated heterocycles. The molecule has 0 spiro atoms. The topological polar surface area (TPSA) is 135 Å². The Balaban J connectivity index is 2.32. The summed E-state index contributed by atoms with van der Waals surface area (Å²) < 4.78 is 0. The van der Waals surface area contributed by atoms with Crippen LogP contribution < -0.4 is 11.1 Å². The summed E-state index contributed by atoms with van der Waals surface area (Å²) in [6.07, 6.45) is 0. The van der Waals surface area contributed by atoms with Crippen LogP contribution in [0.5, 0.6) is 0 Å². The highest BCUT2D eigenvalue weighted by Gasteiger charge is 2.22. The summed E-state index contributed by atoms with van der Waals surface area (Å²) in [6, 6.07) is 15.0. The molecule has 4 N–H and O–H groups in total. The van der Waals surface area contributed by atoms with E-state index in [1.807, 2.05) is 30.3 Å². The molecule has 0 unspecified atom stereocenters. The van der Waals surface area contributed by atoms with Crippen LogP contribution >= 0.6 is 0 Å². The van der Waals surface area contributed by atoms with E-state index in [2.05, 4.69) is 10.3 Å². The number of non-ortho nitro benzene ring substituents is 1. The van der Waals surface area contributed by atoms with Gasteiger partial charge in [-0.1, -0.05) is 36.4 Å². The second-order valence-corrected chi connectivity index (χ2v) is 5.22. The van der Waals surface area contributed by atoms with Crippen molar-refractivity contribution in [1.29, 1.82) is 5.41 Å². The Hall–Kier alpha value is -3.81. The molecule has 0 aliphatic carbocycles. The molecule has 0 fully saturated rings. The maximum absolute atomic E-state index is 12.4. The van der Waals surface area contributed by atoms with Gasteiger partial charge in [0.25, 0.3) is 11.6 Å². The number of carbonyl (C=O) groups excluding carboxylic acids is 1. The monoisotopic (exact) mass is 335 g/mol. The van der Waals surface area contributed by atoms with Gasteiger partial charge in [0.1, 0.15) is 0 Å². The lowest BCUT2D eigenvalue weighted by Crippen LogP contribution is -2.35. The minimum absolute atomic E-state index is 0.0337. The Labute approximate surface area is 142 Å². The van der Waals surface area contributed by atoms with Crippen molar-refractivity contribution in [2.45, 2.75) is 0 Å². The van der Waals surface area contributed by atoms with Crippen LogP contribution in [0.25, 0.3) is 22.2 Å². The Morgan fingerprint density at radius 2 is 1.88 bits per heavy atom. The maximum Gasteiger partial charge on any atom is 0.279 e. The number of nitrogens with one attached hydrogen (secondary N) is 2. The van der Waals surface area contributed by atoms with Gasteiger partial charge in [-0.3, -0.25) is 25.6 Å². The third-order valence-corrected chi connectivity index (χ3v) is 3.57. The third kappa shape index (κ3) is 3.13. The molecule has 124 valence electrons. The summed E-state index contributed by atoms with van der Waals surface area (Å²) in [5.41, 5.74) is 6.57. The first kappa shape index (κ1) is 16.1. The summed E-state index contributed by atoms with van der Waals surface area (Å²) in [4.78, 5) is 27.7. The number of hydrogen-bond donors (Lipinski definition) is 3. The van der Waals surface area contributed by atoms with Crippen LogP contribution in [0.2, 0.25) is 0 Å². The van der Waals surface area contributed by atoms with Gasteiger partial charge >= 0.3 is 0 Å². The van der Waals surface area contributed by atoms with Crippen molar-refractivity contribution in [3.8, 4) is 11.3 Å². The fraction of sp³-hybridized carbons (Fsp3) is 0. The second-order valence-electron chi connectivity index (χ2n) is 5.22. The summed E-state index contributed by atoms with van der Waals surface area (Å²) in [7, 11) is 0.